The van der Waals surface area contributed by atoms with Gasteiger partial charge in [0, 0.05) is 22.8 Å². The fourth-order valence-corrected chi connectivity index (χ4v) is 3.10. The van der Waals surface area contributed by atoms with Crippen molar-refractivity contribution in [1.82, 2.24) is 0 Å². The van der Waals surface area contributed by atoms with Crippen molar-refractivity contribution in [3.8, 4) is 35.5 Å². The molecule has 0 spiro atoms. The number of allylic oxidation sites excluding steroid dienone is 1. The molecule has 0 aliphatic rings. The van der Waals surface area contributed by atoms with Gasteiger partial charge in [0.1, 0.15) is 5.75 Å². The molecule has 8 heteroatoms. The van der Waals surface area contributed by atoms with Gasteiger partial charge in [0.2, 0.25) is 11.5 Å². The van der Waals surface area contributed by atoms with Crippen molar-refractivity contribution in [1.29, 1.82) is 10.5 Å². The third kappa shape index (κ3) is 4.42. The minimum absolute atomic E-state index is 0.258. The lowest BCUT2D eigenvalue weighted by atomic mass is 9.90. The Labute approximate surface area is 174 Å². The molecule has 0 aromatic heterocycles. The average Bonchev–Trinajstić information content (AvgIpc) is 2.67. The molecule has 0 aliphatic heterocycles. The maximum absolute atomic E-state index is 9.14. The molecule has 0 fully saturated rings. The summed E-state index contributed by atoms with van der Waals surface area (Å²) < 4.78 is 10.2. The molecule has 8 nitrogen and oxygen atoms in total. The number of aryl methyl sites for hydroxylation is 2. The Morgan fingerprint density at radius 1 is 0.800 bits per heavy atom. The van der Waals surface area contributed by atoms with Crippen molar-refractivity contribution >= 4 is 5.57 Å². The number of hydrogen-bond donors (Lipinski definition) is 0. The maximum Gasteiger partial charge on any atom is 0.292 e. The second kappa shape index (κ2) is 9.51. The first-order valence-corrected chi connectivity index (χ1v) is 8.54. The monoisotopic (exact) mass is 400 g/mol. The van der Waals surface area contributed by atoms with Gasteiger partial charge in [-0.3, -0.25) is 0 Å². The quantitative estimate of drug-likeness (QED) is 0.371. The Bertz CT molecular complexity index is 1100. The Balaban J connectivity index is 2.94. The summed E-state index contributed by atoms with van der Waals surface area (Å²) >= 11 is 0. The molecule has 0 saturated heterocycles. The van der Waals surface area contributed by atoms with Gasteiger partial charge in [-0.05, 0) is 67.0 Å². The number of nitriles is 2. The SMILES string of the molecule is [C-]#[N+]Oc1cc(C)c(OC#N)c(C(=C(C)C)c2cc(OC#N)cc(C)c2O[N+]#[C-])c1. The molecule has 0 saturated carbocycles. The summed E-state index contributed by atoms with van der Waals surface area (Å²) in [6, 6.07) is 6.28. The number of benzene rings is 2. The zero-order valence-corrected chi connectivity index (χ0v) is 16.7. The lowest BCUT2D eigenvalue weighted by molar-refractivity contribution is 0.461. The predicted octanol–water partition coefficient (Wildman–Crippen LogP) is 5.29. The van der Waals surface area contributed by atoms with Crippen LogP contribution in [0, 0.1) is 50.0 Å². The van der Waals surface area contributed by atoms with E-state index in [1.165, 1.54) is 0 Å². The molecular formula is C22H16N4O4. The predicted molar refractivity (Wildman–Crippen MR) is 107 cm³/mol. The van der Waals surface area contributed by atoms with Gasteiger partial charge in [-0.2, -0.15) is 22.8 Å². The molecule has 30 heavy (non-hydrogen) atoms. The number of nitrogens with zero attached hydrogens (tertiary/aromatic N) is 4. The normalized spacial score (nSPS) is 9.20. The van der Waals surface area contributed by atoms with Gasteiger partial charge >= 0.3 is 0 Å². The standard InChI is InChI=1S/C22H16N4O4/c1-13(2)20(18-10-17(29-25-5)8-14(3)21(18)28-12-24)19-9-16(27-11-23)7-15(4)22(19)30-26-6/h7-10H,1-4H3. The zero-order chi connectivity index (χ0) is 22.3. The molecule has 2 rings (SSSR count). The molecule has 0 bridgehead atoms. The van der Waals surface area contributed by atoms with E-state index in [2.05, 4.69) is 10.0 Å². The summed E-state index contributed by atoms with van der Waals surface area (Å²) in [6.45, 7) is 21.2. The Kier molecular flexibility index (Phi) is 6.86. The van der Waals surface area contributed by atoms with Crippen LogP contribution in [0.5, 0.6) is 23.0 Å². The number of hydrogen-bond acceptors (Lipinski definition) is 6. The minimum atomic E-state index is 0.258. The van der Waals surface area contributed by atoms with Gasteiger partial charge in [-0.1, -0.05) is 5.57 Å². The maximum atomic E-state index is 9.14. The van der Waals surface area contributed by atoms with E-state index in [9.17, 15) is 0 Å². The van der Waals surface area contributed by atoms with Gasteiger partial charge in [-0.15, -0.1) is 10.5 Å². The van der Waals surface area contributed by atoms with Gasteiger partial charge < -0.3 is 9.47 Å². The van der Waals surface area contributed by atoms with Crippen LogP contribution in [-0.2, 0) is 0 Å². The molecule has 0 N–H and O–H groups in total. The summed E-state index contributed by atoms with van der Waals surface area (Å²) in [4.78, 5) is 10.2. The van der Waals surface area contributed by atoms with Crippen LogP contribution in [0.3, 0.4) is 0 Å². The molecule has 2 aromatic rings. The molecule has 2 aromatic carbocycles. The first-order valence-electron chi connectivity index (χ1n) is 8.54. The Morgan fingerprint density at radius 3 is 1.90 bits per heavy atom. The molecule has 148 valence electrons. The Hall–Kier alpha value is -4.66. The zero-order valence-electron chi connectivity index (χ0n) is 16.7. The highest BCUT2D eigenvalue weighted by Gasteiger charge is 2.24. The molecule has 0 radical (unpaired) electrons. The van der Waals surface area contributed by atoms with Crippen LogP contribution in [0.1, 0.15) is 36.1 Å². The molecule has 0 heterocycles. The highest BCUT2D eigenvalue weighted by molar-refractivity contribution is 5.89. The number of ether oxygens (including phenoxy) is 2. The van der Waals surface area contributed by atoms with Crippen molar-refractivity contribution in [2.45, 2.75) is 27.7 Å². The van der Waals surface area contributed by atoms with Crippen LogP contribution in [0.4, 0.5) is 0 Å². The van der Waals surface area contributed by atoms with Crippen molar-refractivity contribution in [3.05, 3.63) is 75.3 Å². The molecular weight excluding hydrogens is 384 g/mol. The van der Waals surface area contributed by atoms with Crippen LogP contribution in [0.25, 0.3) is 15.6 Å². The smallest absolute Gasteiger partial charge is 0.292 e. The third-order valence-electron chi connectivity index (χ3n) is 4.13. The van der Waals surface area contributed by atoms with E-state index < -0.39 is 0 Å². The molecule has 0 aliphatic carbocycles. The van der Waals surface area contributed by atoms with Crippen LogP contribution in [0.2, 0.25) is 0 Å². The second-order valence-electron chi connectivity index (χ2n) is 6.36. The van der Waals surface area contributed by atoms with Crippen molar-refractivity contribution in [3.63, 3.8) is 0 Å². The van der Waals surface area contributed by atoms with Crippen LogP contribution < -0.4 is 19.1 Å². The van der Waals surface area contributed by atoms with Crippen molar-refractivity contribution in [2.24, 2.45) is 0 Å². The van der Waals surface area contributed by atoms with Crippen molar-refractivity contribution in [2.75, 3.05) is 0 Å². The molecule has 0 atom stereocenters. The molecule has 0 unspecified atom stereocenters. The van der Waals surface area contributed by atoms with Gasteiger partial charge in [-0.25, -0.2) is 0 Å². The number of rotatable bonds is 6. The summed E-state index contributed by atoms with van der Waals surface area (Å²) in [5, 5.41) is 24.0. The van der Waals surface area contributed by atoms with E-state index in [0.717, 1.165) is 5.57 Å². The Morgan fingerprint density at radius 2 is 1.33 bits per heavy atom. The molecule has 0 amide bonds. The lowest BCUT2D eigenvalue weighted by Gasteiger charge is -2.17. The summed E-state index contributed by atoms with van der Waals surface area (Å²) in [5.41, 5.74) is 3.42. The summed E-state index contributed by atoms with van der Waals surface area (Å²) in [5.74, 6) is 1.05. The third-order valence-corrected chi connectivity index (χ3v) is 4.13. The van der Waals surface area contributed by atoms with E-state index in [-0.39, 0.29) is 23.0 Å². The second-order valence-corrected chi connectivity index (χ2v) is 6.36. The van der Waals surface area contributed by atoms with E-state index in [4.69, 9.17) is 42.8 Å². The lowest BCUT2D eigenvalue weighted by Crippen LogP contribution is -2.01. The van der Waals surface area contributed by atoms with Crippen LogP contribution in [0.15, 0.2) is 29.8 Å². The van der Waals surface area contributed by atoms with Gasteiger partial charge in [0.25, 0.3) is 12.5 Å². The topological polar surface area (TPSA) is 93.2 Å². The largest absolute Gasteiger partial charge is 0.388 e. The fraction of sp³-hybridized carbons (Fsp3) is 0.182. The van der Waals surface area contributed by atoms with E-state index in [1.807, 2.05) is 13.8 Å². The summed E-state index contributed by atoms with van der Waals surface area (Å²) in [6.07, 6.45) is 3.30. The van der Waals surface area contributed by atoms with E-state index in [1.54, 1.807) is 50.6 Å². The minimum Gasteiger partial charge on any atom is -0.388 e. The van der Waals surface area contributed by atoms with E-state index in [0.29, 0.717) is 27.8 Å². The van der Waals surface area contributed by atoms with Crippen LogP contribution >= 0.6 is 0 Å². The van der Waals surface area contributed by atoms with Gasteiger partial charge in [0.15, 0.2) is 5.75 Å². The highest BCUT2D eigenvalue weighted by atomic mass is 16.6. The van der Waals surface area contributed by atoms with E-state index >= 15 is 0 Å². The summed E-state index contributed by atoms with van der Waals surface area (Å²) in [7, 11) is 0. The van der Waals surface area contributed by atoms with Crippen LogP contribution in [-0.4, -0.2) is 0 Å². The van der Waals surface area contributed by atoms with Gasteiger partial charge in [0.05, 0.1) is 0 Å². The van der Waals surface area contributed by atoms with Crippen molar-refractivity contribution < 1.29 is 19.1 Å². The first-order chi connectivity index (χ1) is 14.4. The first kappa shape index (κ1) is 21.6. The fourth-order valence-electron chi connectivity index (χ4n) is 3.10. The highest BCUT2D eigenvalue weighted by Crippen LogP contribution is 2.43. The average molecular weight is 400 g/mol.